The predicted octanol–water partition coefficient (Wildman–Crippen LogP) is 3.30. The van der Waals surface area contributed by atoms with E-state index in [1.54, 1.807) is 43.3 Å². The molecule has 0 fully saturated rings. The molecule has 0 saturated heterocycles. The molecule has 20 heavy (non-hydrogen) atoms. The molecule has 0 aliphatic rings. The molecule has 0 amide bonds. The van der Waals surface area contributed by atoms with Gasteiger partial charge in [-0.15, -0.1) is 0 Å². The van der Waals surface area contributed by atoms with Crippen molar-refractivity contribution in [3.05, 3.63) is 65.0 Å². The first-order valence-electron chi connectivity index (χ1n) is 6.27. The maximum absolute atomic E-state index is 13.8. The Balaban J connectivity index is 2.05. The first-order valence-corrected chi connectivity index (χ1v) is 6.27. The fraction of sp³-hybridized carbons (Fsp3) is 0.188. The Morgan fingerprint density at radius 2 is 1.95 bits per heavy atom. The van der Waals surface area contributed by atoms with E-state index >= 15 is 0 Å². The van der Waals surface area contributed by atoms with Crippen molar-refractivity contribution in [2.75, 3.05) is 0 Å². The van der Waals surface area contributed by atoms with Gasteiger partial charge in [0.2, 0.25) is 0 Å². The SMILES string of the molecule is C[C@H](N)c1ccc(OCc2ccc(C#N)cc2)c(F)c1. The van der Waals surface area contributed by atoms with E-state index in [0.717, 1.165) is 11.1 Å². The van der Waals surface area contributed by atoms with Gasteiger partial charge in [0.15, 0.2) is 11.6 Å². The number of benzene rings is 2. The van der Waals surface area contributed by atoms with Crippen molar-refractivity contribution in [3.63, 3.8) is 0 Å². The second kappa shape index (κ2) is 6.18. The summed E-state index contributed by atoms with van der Waals surface area (Å²) < 4.78 is 19.2. The van der Waals surface area contributed by atoms with Crippen LogP contribution >= 0.6 is 0 Å². The lowest BCUT2D eigenvalue weighted by Gasteiger charge is -2.10. The zero-order valence-corrected chi connectivity index (χ0v) is 11.1. The molecule has 0 spiro atoms. The van der Waals surface area contributed by atoms with Crippen molar-refractivity contribution in [2.24, 2.45) is 5.73 Å². The zero-order chi connectivity index (χ0) is 14.5. The third kappa shape index (κ3) is 3.34. The van der Waals surface area contributed by atoms with Gasteiger partial charge in [-0.2, -0.15) is 5.26 Å². The summed E-state index contributed by atoms with van der Waals surface area (Å²) in [5.41, 5.74) is 7.88. The minimum atomic E-state index is -0.423. The van der Waals surface area contributed by atoms with Gasteiger partial charge in [0.05, 0.1) is 11.6 Å². The van der Waals surface area contributed by atoms with Crippen LogP contribution in [0.2, 0.25) is 0 Å². The third-order valence-electron chi connectivity index (χ3n) is 2.96. The van der Waals surface area contributed by atoms with Crippen molar-refractivity contribution < 1.29 is 9.13 Å². The van der Waals surface area contributed by atoms with E-state index in [4.69, 9.17) is 15.7 Å². The van der Waals surface area contributed by atoms with Crippen LogP contribution in [0.1, 0.15) is 29.7 Å². The molecule has 0 aliphatic heterocycles. The number of nitrogens with two attached hydrogens (primary N) is 1. The van der Waals surface area contributed by atoms with Crippen LogP contribution in [0.15, 0.2) is 42.5 Å². The Hall–Kier alpha value is -2.38. The standard InChI is InChI=1S/C16H15FN2O/c1-11(19)14-6-7-16(15(17)8-14)20-10-13-4-2-12(9-18)3-5-13/h2-8,11H,10,19H2,1H3/t11-/m0/s1. The maximum Gasteiger partial charge on any atom is 0.165 e. The highest BCUT2D eigenvalue weighted by atomic mass is 19.1. The van der Waals surface area contributed by atoms with Crippen LogP contribution in [0.25, 0.3) is 0 Å². The largest absolute Gasteiger partial charge is 0.486 e. The third-order valence-corrected chi connectivity index (χ3v) is 2.96. The zero-order valence-electron chi connectivity index (χ0n) is 11.1. The van der Waals surface area contributed by atoms with Crippen LogP contribution < -0.4 is 10.5 Å². The Morgan fingerprint density at radius 3 is 2.50 bits per heavy atom. The van der Waals surface area contributed by atoms with Gasteiger partial charge in [0.1, 0.15) is 6.61 Å². The van der Waals surface area contributed by atoms with Crippen LogP contribution in [0, 0.1) is 17.1 Å². The van der Waals surface area contributed by atoms with Gasteiger partial charge in [-0.3, -0.25) is 0 Å². The lowest BCUT2D eigenvalue weighted by molar-refractivity contribution is 0.290. The highest BCUT2D eigenvalue weighted by Crippen LogP contribution is 2.22. The van der Waals surface area contributed by atoms with Crippen LogP contribution in [0.4, 0.5) is 4.39 Å². The van der Waals surface area contributed by atoms with Crippen LogP contribution in [0.5, 0.6) is 5.75 Å². The number of hydrogen-bond donors (Lipinski definition) is 1. The number of rotatable bonds is 4. The molecule has 4 heteroatoms. The average molecular weight is 270 g/mol. The van der Waals surface area contributed by atoms with E-state index in [2.05, 4.69) is 0 Å². The van der Waals surface area contributed by atoms with Crippen LogP contribution in [-0.2, 0) is 6.61 Å². The van der Waals surface area contributed by atoms with Gasteiger partial charge >= 0.3 is 0 Å². The second-order valence-electron chi connectivity index (χ2n) is 4.58. The molecule has 102 valence electrons. The summed E-state index contributed by atoms with van der Waals surface area (Å²) in [6.45, 7) is 2.05. The highest BCUT2D eigenvalue weighted by Gasteiger charge is 2.07. The first-order chi connectivity index (χ1) is 9.60. The van der Waals surface area contributed by atoms with Gasteiger partial charge in [-0.25, -0.2) is 4.39 Å². The number of halogens is 1. The first kappa shape index (κ1) is 14.0. The number of nitrogens with zero attached hydrogens (tertiary/aromatic N) is 1. The molecule has 0 saturated carbocycles. The summed E-state index contributed by atoms with van der Waals surface area (Å²) in [6, 6.07) is 13.5. The van der Waals surface area contributed by atoms with E-state index in [1.807, 2.05) is 6.07 Å². The van der Waals surface area contributed by atoms with E-state index in [1.165, 1.54) is 6.07 Å². The summed E-state index contributed by atoms with van der Waals surface area (Å²) in [4.78, 5) is 0. The Morgan fingerprint density at radius 1 is 1.25 bits per heavy atom. The normalized spacial score (nSPS) is 11.7. The van der Waals surface area contributed by atoms with Gasteiger partial charge in [0, 0.05) is 6.04 Å². The quantitative estimate of drug-likeness (QED) is 0.927. The van der Waals surface area contributed by atoms with Crippen molar-refractivity contribution in [2.45, 2.75) is 19.6 Å². The molecule has 2 aromatic rings. The summed E-state index contributed by atoms with van der Waals surface area (Å²) in [5, 5.41) is 8.70. The van der Waals surface area contributed by atoms with Gasteiger partial charge < -0.3 is 10.5 Å². The Bertz CT molecular complexity index is 630. The summed E-state index contributed by atoms with van der Waals surface area (Å²) in [5.74, 6) is -0.229. The lowest BCUT2D eigenvalue weighted by atomic mass is 10.1. The summed E-state index contributed by atoms with van der Waals surface area (Å²) in [6.07, 6.45) is 0. The topological polar surface area (TPSA) is 59.0 Å². The van der Waals surface area contributed by atoms with Crippen LogP contribution in [0.3, 0.4) is 0 Å². The fourth-order valence-corrected chi connectivity index (χ4v) is 1.75. The minimum Gasteiger partial charge on any atom is -0.486 e. The van der Waals surface area contributed by atoms with E-state index in [-0.39, 0.29) is 18.4 Å². The molecule has 0 unspecified atom stereocenters. The van der Waals surface area contributed by atoms with Gasteiger partial charge in [-0.1, -0.05) is 18.2 Å². The van der Waals surface area contributed by atoms with E-state index in [0.29, 0.717) is 5.56 Å². The van der Waals surface area contributed by atoms with Crippen molar-refractivity contribution in [3.8, 4) is 11.8 Å². The van der Waals surface area contributed by atoms with Gasteiger partial charge in [-0.05, 0) is 42.3 Å². The molecule has 3 nitrogen and oxygen atoms in total. The molecule has 0 heterocycles. The molecule has 0 radical (unpaired) electrons. The summed E-state index contributed by atoms with van der Waals surface area (Å²) >= 11 is 0. The Labute approximate surface area is 117 Å². The molecule has 2 N–H and O–H groups in total. The molecule has 0 aliphatic carbocycles. The number of hydrogen-bond acceptors (Lipinski definition) is 3. The molecule has 0 bridgehead atoms. The molecular weight excluding hydrogens is 255 g/mol. The lowest BCUT2D eigenvalue weighted by Crippen LogP contribution is -2.06. The maximum atomic E-state index is 13.8. The van der Waals surface area contributed by atoms with E-state index < -0.39 is 5.82 Å². The van der Waals surface area contributed by atoms with Gasteiger partial charge in [0.25, 0.3) is 0 Å². The predicted molar refractivity (Wildman–Crippen MR) is 74.5 cm³/mol. The molecule has 2 rings (SSSR count). The smallest absolute Gasteiger partial charge is 0.165 e. The minimum absolute atomic E-state index is 0.193. The monoisotopic (exact) mass is 270 g/mol. The van der Waals surface area contributed by atoms with Crippen LogP contribution in [-0.4, -0.2) is 0 Å². The van der Waals surface area contributed by atoms with Crippen molar-refractivity contribution >= 4 is 0 Å². The molecule has 0 aromatic heterocycles. The van der Waals surface area contributed by atoms with Crippen molar-refractivity contribution in [1.29, 1.82) is 5.26 Å². The molecular formula is C16H15FN2O. The van der Waals surface area contributed by atoms with Crippen molar-refractivity contribution in [1.82, 2.24) is 0 Å². The number of ether oxygens (including phenoxy) is 1. The second-order valence-corrected chi connectivity index (χ2v) is 4.58. The highest BCUT2D eigenvalue weighted by molar-refractivity contribution is 5.33. The number of nitriles is 1. The fourth-order valence-electron chi connectivity index (χ4n) is 1.75. The van der Waals surface area contributed by atoms with E-state index in [9.17, 15) is 4.39 Å². The summed E-state index contributed by atoms with van der Waals surface area (Å²) in [7, 11) is 0. The molecule has 2 aromatic carbocycles. The molecule has 1 atom stereocenters. The average Bonchev–Trinajstić information content (AvgIpc) is 2.46. The Kier molecular flexibility index (Phi) is 4.34.